The first-order valence-electron chi connectivity index (χ1n) is 7.90. The second-order valence-electron chi connectivity index (χ2n) is 5.91. The molecule has 0 bridgehead atoms. The number of allylic oxidation sites excluding steroid dienone is 1. The molecule has 0 saturated carbocycles. The van der Waals surface area contributed by atoms with E-state index in [0.29, 0.717) is 0 Å². The van der Waals surface area contributed by atoms with Crippen LogP contribution in [-0.4, -0.2) is 11.7 Å². The molecule has 0 saturated heterocycles. The average Bonchev–Trinajstić information content (AvgIpc) is 2.99. The molecular formula is C22H18O. The van der Waals surface area contributed by atoms with E-state index in [0.717, 1.165) is 11.1 Å². The van der Waals surface area contributed by atoms with Gasteiger partial charge in [0.15, 0.2) is 0 Å². The molecule has 3 aromatic carbocycles. The van der Waals surface area contributed by atoms with Crippen LogP contribution >= 0.6 is 0 Å². The Kier molecular flexibility index (Phi) is 3.36. The monoisotopic (exact) mass is 298 g/mol. The van der Waals surface area contributed by atoms with Gasteiger partial charge in [0, 0.05) is 0 Å². The fraction of sp³-hybridized carbons (Fsp3) is 0.0909. The van der Waals surface area contributed by atoms with Crippen molar-refractivity contribution in [3.8, 4) is 0 Å². The maximum Gasteiger partial charge on any atom is 0.0685 e. The van der Waals surface area contributed by atoms with Gasteiger partial charge in [-0.05, 0) is 27.8 Å². The van der Waals surface area contributed by atoms with Crippen molar-refractivity contribution in [3.63, 3.8) is 0 Å². The highest BCUT2D eigenvalue weighted by Gasteiger charge is 2.40. The minimum atomic E-state index is -0.336. The molecular weight excluding hydrogens is 280 g/mol. The smallest absolute Gasteiger partial charge is 0.0685 e. The second kappa shape index (κ2) is 5.53. The topological polar surface area (TPSA) is 20.2 Å². The summed E-state index contributed by atoms with van der Waals surface area (Å²) in [4.78, 5) is 0. The fourth-order valence-electron chi connectivity index (χ4n) is 3.70. The minimum absolute atomic E-state index is 0.0540. The van der Waals surface area contributed by atoms with Crippen molar-refractivity contribution in [1.82, 2.24) is 0 Å². The molecule has 0 fully saturated rings. The quantitative estimate of drug-likeness (QED) is 0.759. The van der Waals surface area contributed by atoms with Crippen molar-refractivity contribution in [2.24, 2.45) is 0 Å². The largest absolute Gasteiger partial charge is 0.392 e. The summed E-state index contributed by atoms with van der Waals surface area (Å²) in [5.74, 6) is 0. The lowest BCUT2D eigenvalue weighted by Gasteiger charge is -2.30. The molecule has 0 unspecified atom stereocenters. The van der Waals surface area contributed by atoms with E-state index >= 15 is 0 Å². The normalized spacial score (nSPS) is 15.1. The van der Waals surface area contributed by atoms with Crippen LogP contribution < -0.4 is 0 Å². The van der Waals surface area contributed by atoms with Gasteiger partial charge in [-0.25, -0.2) is 0 Å². The molecule has 3 aromatic rings. The van der Waals surface area contributed by atoms with Crippen LogP contribution in [0.5, 0.6) is 0 Å². The Morgan fingerprint density at radius 3 is 1.74 bits per heavy atom. The van der Waals surface area contributed by atoms with Crippen LogP contribution in [-0.2, 0) is 5.41 Å². The highest BCUT2D eigenvalue weighted by Crippen LogP contribution is 2.49. The molecule has 1 aliphatic rings. The summed E-state index contributed by atoms with van der Waals surface area (Å²) in [6.45, 7) is 0.0540. The Morgan fingerprint density at radius 2 is 1.17 bits per heavy atom. The Bertz CT molecular complexity index is 808. The number of hydrogen-bond donors (Lipinski definition) is 1. The lowest BCUT2D eigenvalue weighted by molar-refractivity contribution is 0.350. The molecule has 0 amide bonds. The molecule has 4 rings (SSSR count). The number of rotatable bonds is 3. The predicted octanol–water partition coefficient (Wildman–Crippen LogP) is 4.41. The van der Waals surface area contributed by atoms with Gasteiger partial charge in [-0.15, -0.1) is 0 Å². The summed E-state index contributed by atoms with van der Waals surface area (Å²) in [6.07, 6.45) is 2.22. The van der Waals surface area contributed by atoms with Gasteiger partial charge in [-0.2, -0.15) is 0 Å². The Balaban J connectivity index is 2.08. The number of fused-ring (bicyclic) bond motifs is 1. The molecule has 0 radical (unpaired) electrons. The van der Waals surface area contributed by atoms with Gasteiger partial charge in [0.05, 0.1) is 12.0 Å². The molecule has 0 aromatic heterocycles. The molecule has 1 N–H and O–H groups in total. The highest BCUT2D eigenvalue weighted by molar-refractivity contribution is 5.82. The summed E-state index contributed by atoms with van der Waals surface area (Å²) >= 11 is 0. The van der Waals surface area contributed by atoms with Crippen LogP contribution in [0.1, 0.15) is 22.3 Å². The van der Waals surface area contributed by atoms with Gasteiger partial charge in [-0.1, -0.05) is 91.0 Å². The van der Waals surface area contributed by atoms with Crippen molar-refractivity contribution in [3.05, 3.63) is 113 Å². The van der Waals surface area contributed by atoms with Gasteiger partial charge >= 0.3 is 0 Å². The van der Waals surface area contributed by atoms with Crippen LogP contribution in [0.15, 0.2) is 91.0 Å². The third kappa shape index (κ3) is 2.05. The first kappa shape index (κ1) is 14.0. The van der Waals surface area contributed by atoms with E-state index in [1.54, 1.807) is 0 Å². The van der Waals surface area contributed by atoms with E-state index in [1.165, 1.54) is 16.7 Å². The van der Waals surface area contributed by atoms with Crippen molar-refractivity contribution < 1.29 is 5.11 Å². The summed E-state index contributed by atoms with van der Waals surface area (Å²) in [5, 5.41) is 9.87. The molecule has 23 heavy (non-hydrogen) atoms. The summed E-state index contributed by atoms with van der Waals surface area (Å²) < 4.78 is 0. The first-order valence-corrected chi connectivity index (χ1v) is 7.90. The van der Waals surface area contributed by atoms with E-state index in [1.807, 2.05) is 18.2 Å². The van der Waals surface area contributed by atoms with E-state index in [4.69, 9.17) is 0 Å². The predicted molar refractivity (Wildman–Crippen MR) is 94.3 cm³/mol. The van der Waals surface area contributed by atoms with Gasteiger partial charge < -0.3 is 5.11 Å². The third-order valence-electron chi connectivity index (χ3n) is 4.72. The van der Waals surface area contributed by atoms with Gasteiger partial charge in [-0.3, -0.25) is 0 Å². The molecule has 0 heterocycles. The van der Waals surface area contributed by atoms with Crippen LogP contribution in [0.3, 0.4) is 0 Å². The zero-order valence-electron chi connectivity index (χ0n) is 12.8. The first-order chi connectivity index (χ1) is 11.4. The van der Waals surface area contributed by atoms with Crippen molar-refractivity contribution in [2.75, 3.05) is 6.61 Å². The molecule has 0 aliphatic heterocycles. The Hall–Kier alpha value is -2.64. The molecule has 112 valence electrons. The van der Waals surface area contributed by atoms with E-state index in [-0.39, 0.29) is 12.0 Å². The lowest BCUT2D eigenvalue weighted by Crippen LogP contribution is -2.25. The van der Waals surface area contributed by atoms with Crippen LogP contribution in [0.25, 0.3) is 5.57 Å². The third-order valence-corrected chi connectivity index (χ3v) is 4.72. The average molecular weight is 298 g/mol. The van der Waals surface area contributed by atoms with Crippen LogP contribution in [0, 0.1) is 0 Å². The fourth-order valence-corrected chi connectivity index (χ4v) is 3.70. The molecule has 1 aliphatic carbocycles. The van der Waals surface area contributed by atoms with E-state index in [9.17, 15) is 5.11 Å². The minimum Gasteiger partial charge on any atom is -0.392 e. The lowest BCUT2D eigenvalue weighted by atomic mass is 9.71. The van der Waals surface area contributed by atoms with Gasteiger partial charge in [0.25, 0.3) is 0 Å². The molecule has 0 atom stereocenters. The van der Waals surface area contributed by atoms with Crippen LogP contribution in [0.4, 0.5) is 0 Å². The Morgan fingerprint density at radius 1 is 0.652 bits per heavy atom. The molecule has 0 spiro atoms. The maximum atomic E-state index is 9.87. The zero-order chi connectivity index (χ0) is 15.7. The summed E-state index contributed by atoms with van der Waals surface area (Å²) in [5.41, 5.74) is 5.48. The number of aliphatic hydroxyl groups excluding tert-OH is 1. The number of hydrogen-bond acceptors (Lipinski definition) is 1. The summed E-state index contributed by atoms with van der Waals surface area (Å²) in [6, 6.07) is 29.4. The van der Waals surface area contributed by atoms with Crippen molar-refractivity contribution in [1.29, 1.82) is 0 Å². The highest BCUT2D eigenvalue weighted by atomic mass is 16.3. The number of benzene rings is 3. The standard InChI is InChI=1S/C22H18O/c23-16-17-15-22(18-9-3-1-4-10-18,19-11-5-2-6-12-19)21-14-8-7-13-20(17)21/h1-15,23H,16H2. The number of aliphatic hydroxyl groups is 1. The van der Waals surface area contributed by atoms with Crippen LogP contribution in [0.2, 0.25) is 0 Å². The van der Waals surface area contributed by atoms with Gasteiger partial charge in [0.2, 0.25) is 0 Å². The SMILES string of the molecule is OCC1=CC(c2ccccc2)(c2ccccc2)c2ccccc21. The zero-order valence-corrected chi connectivity index (χ0v) is 12.8. The van der Waals surface area contributed by atoms with Crippen molar-refractivity contribution in [2.45, 2.75) is 5.41 Å². The second-order valence-corrected chi connectivity index (χ2v) is 5.91. The van der Waals surface area contributed by atoms with E-state index in [2.05, 4.69) is 72.8 Å². The van der Waals surface area contributed by atoms with E-state index < -0.39 is 0 Å². The van der Waals surface area contributed by atoms with Gasteiger partial charge in [0.1, 0.15) is 0 Å². The maximum absolute atomic E-state index is 9.87. The molecule has 1 nitrogen and oxygen atoms in total. The van der Waals surface area contributed by atoms with Crippen molar-refractivity contribution >= 4 is 5.57 Å². The Labute approximate surface area is 136 Å². The summed E-state index contributed by atoms with van der Waals surface area (Å²) in [7, 11) is 0. The molecule has 1 heteroatoms.